The molecule has 0 fully saturated rings. The van der Waals surface area contributed by atoms with Gasteiger partial charge in [0.25, 0.3) is 6.47 Å². The summed E-state index contributed by atoms with van der Waals surface area (Å²) >= 11 is 0. The number of nitrogens with one attached hydrogen (secondary N) is 1. The molecule has 0 saturated heterocycles. The van der Waals surface area contributed by atoms with E-state index in [1.165, 1.54) is 5.56 Å². The Hall–Kier alpha value is -3.09. The zero-order chi connectivity index (χ0) is 21.8. The topological polar surface area (TPSA) is 97.8 Å². The highest BCUT2D eigenvalue weighted by Crippen LogP contribution is 2.38. The summed E-state index contributed by atoms with van der Waals surface area (Å²) < 4.78 is 11.6. The molecule has 1 unspecified atom stereocenters. The highest BCUT2D eigenvalue weighted by Gasteiger charge is 2.22. The van der Waals surface area contributed by atoms with Gasteiger partial charge in [0.05, 0.1) is 6.61 Å². The predicted molar refractivity (Wildman–Crippen MR) is 113 cm³/mol. The minimum absolute atomic E-state index is 0.000606. The fourth-order valence-corrected chi connectivity index (χ4v) is 2.89. The van der Waals surface area contributed by atoms with Gasteiger partial charge in [-0.2, -0.15) is 0 Å². The van der Waals surface area contributed by atoms with E-state index in [9.17, 15) is 4.79 Å². The molecule has 158 valence electrons. The van der Waals surface area contributed by atoms with E-state index in [4.69, 9.17) is 19.4 Å². The van der Waals surface area contributed by atoms with Gasteiger partial charge in [-0.05, 0) is 30.7 Å². The first-order chi connectivity index (χ1) is 14.1. The van der Waals surface area contributed by atoms with E-state index >= 15 is 0 Å². The number of pyridine rings is 1. The number of amides is 1. The summed E-state index contributed by atoms with van der Waals surface area (Å²) in [5, 5.41) is 9.67. The number of carbonyl (C=O) groups is 2. The van der Waals surface area contributed by atoms with Gasteiger partial charge in [-0.3, -0.25) is 9.59 Å². The summed E-state index contributed by atoms with van der Waals surface area (Å²) in [5.41, 5.74) is 2.13. The molecule has 2 aliphatic rings. The Morgan fingerprint density at radius 3 is 2.59 bits per heavy atom. The van der Waals surface area contributed by atoms with Gasteiger partial charge in [-0.25, -0.2) is 4.98 Å². The summed E-state index contributed by atoms with van der Waals surface area (Å²) in [6, 6.07) is 7.72. The van der Waals surface area contributed by atoms with Crippen LogP contribution in [0.25, 0.3) is 0 Å². The molecule has 29 heavy (non-hydrogen) atoms. The van der Waals surface area contributed by atoms with Crippen LogP contribution in [0.2, 0.25) is 0 Å². The maximum atomic E-state index is 11.5. The van der Waals surface area contributed by atoms with Gasteiger partial charge < -0.3 is 19.9 Å². The van der Waals surface area contributed by atoms with E-state index in [0.717, 1.165) is 29.4 Å². The Morgan fingerprint density at radius 1 is 1.21 bits per heavy atom. The molecule has 0 aliphatic carbocycles. The summed E-state index contributed by atoms with van der Waals surface area (Å²) in [4.78, 5) is 24.0. The number of carbonyl (C=O) groups excluding carboxylic acids is 1. The number of anilines is 1. The van der Waals surface area contributed by atoms with Gasteiger partial charge in [0.2, 0.25) is 5.91 Å². The van der Waals surface area contributed by atoms with Gasteiger partial charge in [-0.1, -0.05) is 34.6 Å². The molecule has 7 nitrogen and oxygen atoms in total. The maximum Gasteiger partial charge on any atom is 0.290 e. The third kappa shape index (κ3) is 6.20. The molecule has 0 saturated carbocycles. The first-order valence-corrected chi connectivity index (χ1v) is 9.92. The average Bonchev–Trinajstić information content (AvgIpc) is 3.12. The van der Waals surface area contributed by atoms with E-state index in [2.05, 4.69) is 17.2 Å². The second kappa shape index (κ2) is 12.4. The molecule has 1 atom stereocenters. The zero-order valence-corrected chi connectivity index (χ0v) is 17.7. The van der Waals surface area contributed by atoms with Gasteiger partial charge in [0, 0.05) is 29.7 Å². The lowest BCUT2D eigenvalue weighted by Gasteiger charge is -2.19. The summed E-state index contributed by atoms with van der Waals surface area (Å²) in [7, 11) is 0. The van der Waals surface area contributed by atoms with Crippen molar-refractivity contribution in [3.05, 3.63) is 41.6 Å². The van der Waals surface area contributed by atoms with Crippen LogP contribution in [-0.2, 0) is 16.0 Å². The van der Waals surface area contributed by atoms with Crippen molar-refractivity contribution in [2.75, 3.05) is 11.9 Å². The number of aromatic nitrogens is 1. The normalized spacial score (nSPS) is 15.2. The molecule has 1 amide bonds. The molecule has 1 aromatic heterocycles. The third-order valence-corrected chi connectivity index (χ3v) is 4.10. The van der Waals surface area contributed by atoms with Crippen molar-refractivity contribution >= 4 is 18.2 Å². The standard InChI is InChI=1S/C17H16N2O3.2C2H6.CH2O2/c1-10-9-21-14-4-2-11(8-13(10)14)22-15-6-7-18-17-12(15)3-5-16(20)19-17;2*1-2;2-1-3/h2,4,6-8,10H,3,5,9H2,1H3,(H,18,19,20);2*1-2H3;1H,(H,2,3). The Kier molecular flexibility index (Phi) is 10.2. The number of hydrogen-bond acceptors (Lipinski definition) is 5. The maximum absolute atomic E-state index is 11.5. The molecule has 1 aromatic carbocycles. The Morgan fingerprint density at radius 2 is 1.90 bits per heavy atom. The van der Waals surface area contributed by atoms with E-state index in [1.54, 1.807) is 6.20 Å². The molecule has 3 heterocycles. The molecule has 7 heteroatoms. The molecule has 0 spiro atoms. The monoisotopic (exact) mass is 402 g/mol. The lowest BCUT2D eigenvalue weighted by atomic mass is 10.0. The molecule has 0 bridgehead atoms. The van der Waals surface area contributed by atoms with Crippen molar-refractivity contribution in [1.82, 2.24) is 4.98 Å². The van der Waals surface area contributed by atoms with Crippen LogP contribution in [0.5, 0.6) is 17.2 Å². The second-order valence-corrected chi connectivity index (χ2v) is 5.80. The van der Waals surface area contributed by atoms with Crippen molar-refractivity contribution in [3.63, 3.8) is 0 Å². The first kappa shape index (κ1) is 23.9. The second-order valence-electron chi connectivity index (χ2n) is 5.80. The number of ether oxygens (including phenoxy) is 2. The van der Waals surface area contributed by atoms with Crippen molar-refractivity contribution in [2.24, 2.45) is 0 Å². The van der Waals surface area contributed by atoms with Crippen LogP contribution >= 0.6 is 0 Å². The van der Waals surface area contributed by atoms with Crippen LogP contribution in [0.3, 0.4) is 0 Å². The molecule has 4 rings (SSSR count). The molecule has 2 N–H and O–H groups in total. The molecule has 2 aromatic rings. The van der Waals surface area contributed by atoms with Crippen molar-refractivity contribution in [1.29, 1.82) is 0 Å². The third-order valence-electron chi connectivity index (χ3n) is 4.10. The predicted octanol–water partition coefficient (Wildman–Crippen LogP) is 5.01. The number of benzene rings is 1. The van der Waals surface area contributed by atoms with Gasteiger partial charge in [-0.15, -0.1) is 0 Å². The minimum Gasteiger partial charge on any atom is -0.493 e. The van der Waals surface area contributed by atoms with E-state index < -0.39 is 0 Å². The number of hydrogen-bond donors (Lipinski definition) is 2. The smallest absolute Gasteiger partial charge is 0.290 e. The van der Waals surface area contributed by atoms with E-state index in [1.807, 2.05) is 52.0 Å². The SMILES string of the molecule is CC.CC.CC1COc2ccc(Oc3ccnc4c3CCC(=O)N4)cc21.O=CO. The first-order valence-electron chi connectivity index (χ1n) is 9.92. The van der Waals surface area contributed by atoms with E-state index in [0.29, 0.717) is 24.6 Å². The number of rotatable bonds is 2. The molecule has 0 radical (unpaired) electrons. The van der Waals surface area contributed by atoms with Gasteiger partial charge in [0.15, 0.2) is 0 Å². The van der Waals surface area contributed by atoms with Crippen LogP contribution in [0.15, 0.2) is 30.5 Å². The Bertz CT molecular complexity index is 808. The Balaban J connectivity index is 0.000000540. The van der Waals surface area contributed by atoms with Crippen LogP contribution in [0, 0.1) is 0 Å². The number of nitrogens with zero attached hydrogens (tertiary/aromatic N) is 1. The quantitative estimate of drug-likeness (QED) is 0.686. The summed E-state index contributed by atoms with van der Waals surface area (Å²) in [6.45, 7) is 10.6. The largest absolute Gasteiger partial charge is 0.493 e. The van der Waals surface area contributed by atoms with Gasteiger partial charge >= 0.3 is 0 Å². The van der Waals surface area contributed by atoms with Crippen LogP contribution in [0.4, 0.5) is 5.82 Å². The summed E-state index contributed by atoms with van der Waals surface area (Å²) in [6.07, 6.45) is 2.76. The highest BCUT2D eigenvalue weighted by molar-refractivity contribution is 5.93. The van der Waals surface area contributed by atoms with Crippen LogP contribution in [0.1, 0.15) is 58.1 Å². The highest BCUT2D eigenvalue weighted by atomic mass is 16.5. The number of fused-ring (bicyclic) bond motifs is 2. The lowest BCUT2D eigenvalue weighted by Crippen LogP contribution is -2.20. The fourth-order valence-electron chi connectivity index (χ4n) is 2.89. The van der Waals surface area contributed by atoms with Gasteiger partial charge in [0.1, 0.15) is 23.1 Å². The van der Waals surface area contributed by atoms with Crippen molar-refractivity contribution in [2.45, 2.75) is 53.4 Å². The van der Waals surface area contributed by atoms with Crippen molar-refractivity contribution < 1.29 is 24.2 Å². The van der Waals surface area contributed by atoms with Crippen LogP contribution < -0.4 is 14.8 Å². The van der Waals surface area contributed by atoms with Crippen LogP contribution in [-0.4, -0.2) is 29.1 Å². The average molecular weight is 402 g/mol. The lowest BCUT2D eigenvalue weighted by molar-refractivity contribution is -0.123. The molecular formula is C22H30N2O5. The fraction of sp³-hybridized carbons (Fsp3) is 0.409. The summed E-state index contributed by atoms with van der Waals surface area (Å²) in [5.74, 6) is 3.44. The van der Waals surface area contributed by atoms with E-state index in [-0.39, 0.29) is 12.4 Å². The zero-order valence-electron chi connectivity index (χ0n) is 17.7. The van der Waals surface area contributed by atoms with Crippen molar-refractivity contribution in [3.8, 4) is 17.2 Å². The molecular weight excluding hydrogens is 372 g/mol. The Labute approximate surface area is 172 Å². The minimum atomic E-state index is -0.250. The number of carboxylic acid groups (broad SMARTS) is 1. The molecule has 2 aliphatic heterocycles.